The molecule has 0 aliphatic carbocycles. The van der Waals surface area contributed by atoms with Gasteiger partial charge in [-0.05, 0) is 13.8 Å². The van der Waals surface area contributed by atoms with Crippen molar-refractivity contribution in [3.05, 3.63) is 35.9 Å². The zero-order valence-corrected chi connectivity index (χ0v) is 12.9. The molecule has 1 aromatic carbocycles. The van der Waals surface area contributed by atoms with E-state index in [4.69, 9.17) is 9.69 Å². The Morgan fingerprint density at radius 3 is 2.40 bits per heavy atom. The standard InChI is InChI=1S/C11H14NO.ClH.Zn/c1-3-12(4-2)11(13)10-8-6-5-7-9-10;;/h5-8H,3-4H2,1-2H3;1H;/q-1;;+2/p-1. The van der Waals surface area contributed by atoms with Gasteiger partial charge in [0, 0.05) is 13.1 Å². The predicted octanol–water partition coefficient (Wildman–Crippen LogP) is 2.66. The molecule has 0 aliphatic heterocycles. The SMILES string of the molecule is CCN(CC)C(=O)c1[c-]cccc1.[Cl][Zn+]. The molecule has 4 heteroatoms. The molecule has 0 atom stereocenters. The van der Waals surface area contributed by atoms with Gasteiger partial charge in [-0.25, -0.2) is 0 Å². The molecule has 1 amide bonds. The number of nitrogens with zero attached hydrogens (tertiary/aromatic N) is 1. The van der Waals surface area contributed by atoms with E-state index in [1.165, 1.54) is 0 Å². The summed E-state index contributed by atoms with van der Waals surface area (Å²) in [5.41, 5.74) is 0.645. The normalized spacial score (nSPS) is 8.87. The Morgan fingerprint density at radius 1 is 1.40 bits per heavy atom. The topological polar surface area (TPSA) is 20.3 Å². The van der Waals surface area contributed by atoms with Gasteiger partial charge in [0.05, 0.1) is 0 Å². The Labute approximate surface area is 105 Å². The number of hydrogen-bond acceptors (Lipinski definition) is 1. The predicted molar refractivity (Wildman–Crippen MR) is 58.4 cm³/mol. The van der Waals surface area contributed by atoms with Crippen molar-refractivity contribution in [2.75, 3.05) is 13.1 Å². The van der Waals surface area contributed by atoms with E-state index in [1.807, 2.05) is 26.0 Å². The van der Waals surface area contributed by atoms with Gasteiger partial charge in [0.25, 0.3) is 0 Å². The number of benzene rings is 1. The monoisotopic (exact) mass is 275 g/mol. The van der Waals surface area contributed by atoms with Crippen molar-refractivity contribution in [2.45, 2.75) is 13.8 Å². The quantitative estimate of drug-likeness (QED) is 0.614. The molecular formula is C11H14ClNOZn. The summed E-state index contributed by atoms with van der Waals surface area (Å²) in [6, 6.07) is 10.2. The van der Waals surface area contributed by atoms with Crippen molar-refractivity contribution < 1.29 is 22.1 Å². The molecule has 78 valence electrons. The molecule has 0 bridgehead atoms. The average Bonchev–Trinajstić information content (AvgIpc) is 2.34. The van der Waals surface area contributed by atoms with E-state index < -0.39 is 0 Å². The summed E-state index contributed by atoms with van der Waals surface area (Å²) in [5, 5.41) is 0. The number of carbonyl (C=O) groups excluding carboxylic acids is 1. The van der Waals surface area contributed by atoms with Crippen LogP contribution >= 0.6 is 9.69 Å². The van der Waals surface area contributed by atoms with Crippen molar-refractivity contribution in [2.24, 2.45) is 0 Å². The summed E-state index contributed by atoms with van der Waals surface area (Å²) in [7, 11) is 4.76. The average molecular weight is 277 g/mol. The molecule has 0 aliphatic rings. The molecule has 0 fully saturated rings. The van der Waals surface area contributed by atoms with E-state index in [2.05, 4.69) is 6.07 Å². The van der Waals surface area contributed by atoms with Crippen molar-refractivity contribution >= 4 is 15.6 Å². The second-order valence-electron chi connectivity index (χ2n) is 2.75. The van der Waals surface area contributed by atoms with Crippen molar-refractivity contribution in [1.82, 2.24) is 4.90 Å². The van der Waals surface area contributed by atoms with Crippen LogP contribution in [-0.2, 0) is 17.3 Å². The van der Waals surface area contributed by atoms with Gasteiger partial charge >= 0.3 is 27.0 Å². The van der Waals surface area contributed by atoms with Crippen LogP contribution in [0.25, 0.3) is 0 Å². The fraction of sp³-hybridized carbons (Fsp3) is 0.364. The molecule has 0 saturated carbocycles. The first kappa shape index (κ1) is 14.6. The maximum absolute atomic E-state index is 11.7. The van der Waals surface area contributed by atoms with Crippen LogP contribution in [0.15, 0.2) is 24.3 Å². The third-order valence-corrected chi connectivity index (χ3v) is 1.99. The molecule has 2 nitrogen and oxygen atoms in total. The summed E-state index contributed by atoms with van der Waals surface area (Å²) in [5.74, 6) is 0.0607. The number of rotatable bonds is 3. The fourth-order valence-electron chi connectivity index (χ4n) is 1.21. The third kappa shape index (κ3) is 4.77. The van der Waals surface area contributed by atoms with E-state index in [-0.39, 0.29) is 5.91 Å². The number of hydrogen-bond donors (Lipinski definition) is 0. The summed E-state index contributed by atoms with van der Waals surface area (Å²) in [6.45, 7) is 5.45. The molecule has 15 heavy (non-hydrogen) atoms. The Kier molecular flexibility index (Phi) is 8.64. The van der Waals surface area contributed by atoms with Gasteiger partial charge in [-0.15, -0.1) is 30.3 Å². The molecule has 0 unspecified atom stereocenters. The van der Waals surface area contributed by atoms with Gasteiger partial charge in [0.1, 0.15) is 0 Å². The number of amides is 1. The molecule has 1 aromatic rings. The van der Waals surface area contributed by atoms with Crippen LogP contribution in [0.2, 0.25) is 0 Å². The molecule has 0 N–H and O–H groups in total. The Morgan fingerprint density at radius 2 is 2.00 bits per heavy atom. The molecule has 0 heterocycles. The van der Waals surface area contributed by atoms with E-state index in [0.717, 1.165) is 30.4 Å². The second-order valence-corrected chi connectivity index (χ2v) is 2.75. The number of halogens is 1. The minimum atomic E-state index is 0.0607. The first-order valence-corrected chi connectivity index (χ1v) is 8.72. The molecule has 1 rings (SSSR count). The van der Waals surface area contributed by atoms with Gasteiger partial charge in [-0.1, -0.05) is 5.56 Å². The van der Waals surface area contributed by atoms with Gasteiger partial charge in [-0.2, -0.15) is 0 Å². The Balaban J connectivity index is 0.000000921. The minimum absolute atomic E-state index is 0.0607. The Hall–Kier alpha value is -0.397. The summed E-state index contributed by atoms with van der Waals surface area (Å²) in [6.07, 6.45) is 0. The summed E-state index contributed by atoms with van der Waals surface area (Å²) >= 11 is 0.847. The van der Waals surface area contributed by atoms with Crippen molar-refractivity contribution in [3.63, 3.8) is 0 Å². The zero-order valence-electron chi connectivity index (χ0n) is 9.16. The summed E-state index contributed by atoms with van der Waals surface area (Å²) < 4.78 is 0. The number of carbonyl (C=O) groups is 1. The Bertz CT molecular complexity index is 275. The van der Waals surface area contributed by atoms with Gasteiger partial charge < -0.3 is 9.69 Å². The van der Waals surface area contributed by atoms with Crippen molar-refractivity contribution in [3.8, 4) is 0 Å². The summed E-state index contributed by atoms with van der Waals surface area (Å²) in [4.78, 5) is 13.5. The van der Waals surface area contributed by atoms with Crippen LogP contribution < -0.4 is 0 Å². The maximum atomic E-state index is 11.7. The van der Waals surface area contributed by atoms with Gasteiger partial charge in [-0.3, -0.25) is 0 Å². The van der Waals surface area contributed by atoms with Crippen LogP contribution in [0.1, 0.15) is 24.2 Å². The molecule has 0 aromatic heterocycles. The molecule has 0 saturated heterocycles. The van der Waals surface area contributed by atoms with Crippen molar-refractivity contribution in [1.29, 1.82) is 0 Å². The third-order valence-electron chi connectivity index (χ3n) is 1.99. The van der Waals surface area contributed by atoms with Crippen LogP contribution in [0, 0.1) is 6.07 Å². The van der Waals surface area contributed by atoms with Gasteiger partial charge in [0.15, 0.2) is 5.91 Å². The van der Waals surface area contributed by atoms with Crippen LogP contribution in [0.4, 0.5) is 0 Å². The molecular weight excluding hydrogens is 263 g/mol. The molecule has 0 spiro atoms. The van der Waals surface area contributed by atoms with E-state index >= 15 is 0 Å². The zero-order chi connectivity index (χ0) is 11.7. The first-order valence-electron chi connectivity index (χ1n) is 4.82. The van der Waals surface area contributed by atoms with E-state index in [1.54, 1.807) is 17.0 Å². The van der Waals surface area contributed by atoms with Gasteiger partial charge in [0.2, 0.25) is 0 Å². The van der Waals surface area contributed by atoms with E-state index in [0.29, 0.717) is 5.56 Å². The van der Waals surface area contributed by atoms with E-state index in [9.17, 15) is 4.79 Å². The second kappa shape index (κ2) is 8.88. The van der Waals surface area contributed by atoms with Crippen LogP contribution in [0.5, 0.6) is 0 Å². The van der Waals surface area contributed by atoms with Crippen LogP contribution in [0.3, 0.4) is 0 Å². The van der Waals surface area contributed by atoms with Crippen LogP contribution in [-0.4, -0.2) is 23.9 Å². The molecule has 0 radical (unpaired) electrons. The fourth-order valence-corrected chi connectivity index (χ4v) is 1.21. The first-order chi connectivity index (χ1) is 7.29.